The van der Waals surface area contributed by atoms with Crippen LogP contribution in [0, 0.1) is 22.7 Å². The molecule has 1 aromatic rings. The smallest absolute Gasteiger partial charge is 0.222 e. The highest BCUT2D eigenvalue weighted by Crippen LogP contribution is 2.69. The largest absolute Gasteiger partial charge is 0.508 e. The molecular weight excluding hydrogens is 422 g/mol. The van der Waals surface area contributed by atoms with Gasteiger partial charge in [0.1, 0.15) is 5.75 Å². The lowest BCUT2D eigenvalue weighted by molar-refractivity contribution is -0.130. The zero-order valence-corrected chi connectivity index (χ0v) is 21.6. The van der Waals surface area contributed by atoms with Gasteiger partial charge >= 0.3 is 0 Å². The number of aryl methyl sites for hydroxylation is 1. The maximum absolute atomic E-state index is 12.5. The number of phenolic OH excluding ortho intramolecular Hbond substituents is 1. The van der Waals surface area contributed by atoms with E-state index in [0.717, 1.165) is 70.8 Å². The van der Waals surface area contributed by atoms with Crippen molar-refractivity contribution in [3.8, 4) is 5.75 Å². The first-order chi connectivity index (χ1) is 16.3. The van der Waals surface area contributed by atoms with Crippen LogP contribution < -0.4 is 0 Å². The van der Waals surface area contributed by atoms with Crippen LogP contribution in [-0.4, -0.2) is 40.7 Å². The number of rotatable bonds is 9. The van der Waals surface area contributed by atoms with E-state index in [4.69, 9.17) is 0 Å². The number of unbranched alkanes of at least 4 members (excludes halogenated alkanes) is 2. The van der Waals surface area contributed by atoms with Crippen molar-refractivity contribution in [2.24, 2.45) is 22.7 Å². The summed E-state index contributed by atoms with van der Waals surface area (Å²) in [6.45, 7) is 9.71. The average molecular weight is 468 g/mol. The molecule has 0 heterocycles. The summed E-state index contributed by atoms with van der Waals surface area (Å²) < 4.78 is 0. The van der Waals surface area contributed by atoms with Gasteiger partial charge < -0.3 is 15.1 Å². The standard InChI is InChI=1S/C30H45NO3/c1-5-7-18-31(4)27(34)11-9-8-10-22-20-29(3)25(14-15-26(29)33)30(6-2)17-16-21-19-23(32)12-13-24(21)28(22)30/h6,12-13,19,22,25-26,28,32-33H,2,5,7-11,14-18,20H2,1,3-4H3/t22-,25+,26-,28+,29-,30-/m0/s1. The topological polar surface area (TPSA) is 60.8 Å². The molecule has 2 N–H and O–H groups in total. The zero-order valence-electron chi connectivity index (χ0n) is 21.6. The number of aromatic hydroxyl groups is 1. The lowest BCUT2D eigenvalue weighted by atomic mass is 9.44. The molecule has 1 amide bonds. The van der Waals surface area contributed by atoms with E-state index in [9.17, 15) is 15.0 Å². The first-order valence-electron chi connectivity index (χ1n) is 13.6. The Hall–Kier alpha value is -1.81. The van der Waals surface area contributed by atoms with Crippen molar-refractivity contribution < 1.29 is 15.0 Å². The van der Waals surface area contributed by atoms with Gasteiger partial charge in [0, 0.05) is 20.0 Å². The van der Waals surface area contributed by atoms with Gasteiger partial charge in [-0.2, -0.15) is 0 Å². The van der Waals surface area contributed by atoms with Crippen molar-refractivity contribution in [2.45, 2.75) is 96.5 Å². The second-order valence-corrected chi connectivity index (χ2v) is 11.7. The quantitative estimate of drug-likeness (QED) is 0.335. The molecular formula is C30H45NO3. The van der Waals surface area contributed by atoms with Crippen LogP contribution in [0.5, 0.6) is 5.75 Å². The van der Waals surface area contributed by atoms with Crippen molar-refractivity contribution in [1.29, 1.82) is 0 Å². The SMILES string of the molecule is C=C[C@@]12CCc3cc(O)ccc3[C@H]1[C@@H](CCCCC(=O)N(C)CCCC)C[C@@]1(C)[C@H]2CC[C@@H]1O. The van der Waals surface area contributed by atoms with Gasteiger partial charge in [0.15, 0.2) is 0 Å². The van der Waals surface area contributed by atoms with Gasteiger partial charge in [-0.1, -0.05) is 38.8 Å². The molecule has 0 unspecified atom stereocenters. The Morgan fingerprint density at radius 1 is 1.26 bits per heavy atom. The number of amides is 1. The molecule has 0 spiro atoms. The highest BCUT2D eigenvalue weighted by Gasteiger charge is 2.63. The molecule has 0 aromatic heterocycles. The van der Waals surface area contributed by atoms with Crippen molar-refractivity contribution in [3.63, 3.8) is 0 Å². The predicted octanol–water partition coefficient (Wildman–Crippen LogP) is 6.21. The van der Waals surface area contributed by atoms with E-state index < -0.39 is 0 Å². The summed E-state index contributed by atoms with van der Waals surface area (Å²) >= 11 is 0. The van der Waals surface area contributed by atoms with Gasteiger partial charge in [0.2, 0.25) is 5.91 Å². The average Bonchev–Trinajstić information content (AvgIpc) is 3.13. The van der Waals surface area contributed by atoms with Crippen LogP contribution in [0.4, 0.5) is 0 Å². The van der Waals surface area contributed by atoms with Crippen molar-refractivity contribution in [3.05, 3.63) is 42.0 Å². The summed E-state index contributed by atoms with van der Waals surface area (Å²) in [6.07, 6.45) is 12.8. The fraction of sp³-hybridized carbons (Fsp3) is 0.700. The minimum atomic E-state index is -0.243. The molecule has 0 saturated heterocycles. The van der Waals surface area contributed by atoms with Gasteiger partial charge in [-0.25, -0.2) is 0 Å². The Morgan fingerprint density at radius 3 is 2.79 bits per heavy atom. The molecule has 3 aliphatic carbocycles. The predicted molar refractivity (Wildman–Crippen MR) is 138 cm³/mol. The van der Waals surface area contributed by atoms with E-state index in [1.807, 2.05) is 24.1 Å². The number of hydrogen-bond acceptors (Lipinski definition) is 3. The van der Waals surface area contributed by atoms with E-state index in [1.54, 1.807) is 0 Å². The first kappa shape index (κ1) is 25.3. The highest BCUT2D eigenvalue weighted by molar-refractivity contribution is 5.75. The Bertz CT molecular complexity index is 897. The van der Waals surface area contributed by atoms with Crippen LogP contribution in [0.25, 0.3) is 0 Å². The second-order valence-electron chi connectivity index (χ2n) is 11.7. The van der Waals surface area contributed by atoms with Crippen LogP contribution in [0.15, 0.2) is 30.9 Å². The van der Waals surface area contributed by atoms with Crippen LogP contribution in [0.2, 0.25) is 0 Å². The van der Waals surface area contributed by atoms with Crippen LogP contribution >= 0.6 is 0 Å². The van der Waals surface area contributed by atoms with Gasteiger partial charge in [-0.05, 0) is 103 Å². The Morgan fingerprint density at radius 2 is 2.06 bits per heavy atom. The molecule has 0 aliphatic heterocycles. The molecule has 0 bridgehead atoms. The summed E-state index contributed by atoms with van der Waals surface area (Å²) in [6, 6.07) is 5.96. The second kappa shape index (κ2) is 10.0. The Kier molecular flexibility index (Phi) is 7.47. The summed E-state index contributed by atoms with van der Waals surface area (Å²) in [4.78, 5) is 14.4. The monoisotopic (exact) mass is 467 g/mol. The van der Waals surface area contributed by atoms with Gasteiger partial charge in [-0.3, -0.25) is 4.79 Å². The van der Waals surface area contributed by atoms with Gasteiger partial charge in [0.25, 0.3) is 0 Å². The molecule has 0 radical (unpaired) electrons. The van der Waals surface area contributed by atoms with Crippen molar-refractivity contribution in [2.75, 3.05) is 13.6 Å². The molecule has 2 fully saturated rings. The van der Waals surface area contributed by atoms with Crippen LogP contribution in [-0.2, 0) is 11.2 Å². The van der Waals surface area contributed by atoms with E-state index in [2.05, 4.69) is 32.6 Å². The molecule has 6 atom stereocenters. The molecule has 3 aliphatic rings. The third kappa shape index (κ3) is 4.32. The molecule has 4 heteroatoms. The molecule has 1 aromatic carbocycles. The normalized spacial score (nSPS) is 34.1. The molecule has 4 nitrogen and oxygen atoms in total. The minimum Gasteiger partial charge on any atom is -0.508 e. The summed E-state index contributed by atoms with van der Waals surface area (Å²) in [7, 11) is 1.93. The van der Waals surface area contributed by atoms with Gasteiger partial charge in [0.05, 0.1) is 6.10 Å². The number of allylic oxidation sites excluding steroid dienone is 1. The number of hydrogen-bond donors (Lipinski definition) is 2. The summed E-state index contributed by atoms with van der Waals surface area (Å²) in [5.41, 5.74) is 2.59. The number of phenols is 1. The lowest BCUT2D eigenvalue weighted by Gasteiger charge is -2.60. The molecule has 4 rings (SSSR count). The number of aliphatic hydroxyl groups excluding tert-OH is 1. The summed E-state index contributed by atoms with van der Waals surface area (Å²) in [5.74, 6) is 1.88. The highest BCUT2D eigenvalue weighted by atomic mass is 16.3. The molecule has 2 saturated carbocycles. The number of benzene rings is 1. The fourth-order valence-corrected chi connectivity index (χ4v) is 8.09. The molecule has 188 valence electrons. The minimum absolute atomic E-state index is 0.00465. The maximum Gasteiger partial charge on any atom is 0.222 e. The third-order valence-electron chi connectivity index (χ3n) is 9.84. The number of aliphatic hydroxyl groups is 1. The van der Waals surface area contributed by atoms with Crippen LogP contribution in [0.1, 0.15) is 95.1 Å². The zero-order chi connectivity index (χ0) is 24.5. The first-order valence-corrected chi connectivity index (χ1v) is 13.6. The van der Waals surface area contributed by atoms with Crippen molar-refractivity contribution >= 4 is 5.91 Å². The van der Waals surface area contributed by atoms with Gasteiger partial charge in [-0.15, -0.1) is 6.58 Å². The number of fused-ring (bicyclic) bond motifs is 5. The maximum atomic E-state index is 12.5. The third-order valence-corrected chi connectivity index (χ3v) is 9.84. The van der Waals surface area contributed by atoms with E-state index in [-0.39, 0.29) is 22.8 Å². The van der Waals surface area contributed by atoms with E-state index in [0.29, 0.717) is 29.9 Å². The number of carbonyl (C=O) groups is 1. The van der Waals surface area contributed by atoms with Crippen molar-refractivity contribution in [1.82, 2.24) is 4.90 Å². The fourth-order valence-electron chi connectivity index (χ4n) is 8.09. The van der Waals surface area contributed by atoms with E-state index >= 15 is 0 Å². The molecule has 34 heavy (non-hydrogen) atoms. The number of carbonyl (C=O) groups excluding carboxylic acids is 1. The summed E-state index contributed by atoms with van der Waals surface area (Å²) in [5, 5.41) is 21.2. The van der Waals surface area contributed by atoms with Crippen LogP contribution in [0.3, 0.4) is 0 Å². The number of nitrogens with zero attached hydrogens (tertiary/aromatic N) is 1. The lowest BCUT2D eigenvalue weighted by Crippen LogP contribution is -2.54. The Labute approximate surface area is 206 Å². The van der Waals surface area contributed by atoms with E-state index in [1.165, 1.54) is 11.1 Å². The Balaban J connectivity index is 1.55.